The van der Waals surface area contributed by atoms with Crippen molar-refractivity contribution in [1.29, 1.82) is 0 Å². The predicted molar refractivity (Wildman–Crippen MR) is 55.1 cm³/mol. The van der Waals surface area contributed by atoms with Gasteiger partial charge in [-0.3, -0.25) is 4.79 Å². The van der Waals surface area contributed by atoms with Gasteiger partial charge >= 0.3 is 12.1 Å². The van der Waals surface area contributed by atoms with Crippen molar-refractivity contribution in [2.75, 3.05) is 13.2 Å². The predicted octanol–water partition coefficient (Wildman–Crippen LogP) is 0.611. The molecule has 2 N–H and O–H groups in total. The van der Waals surface area contributed by atoms with Crippen LogP contribution in [-0.4, -0.2) is 42.0 Å². The molecule has 0 aromatic carbocycles. The molecule has 1 fully saturated rings. The summed E-state index contributed by atoms with van der Waals surface area (Å²) < 4.78 is 10.0. The Hall–Kier alpha value is -1.30. The maximum atomic E-state index is 11.4. The molecule has 1 heterocycles. The second-order valence-corrected chi connectivity index (χ2v) is 4.73. The molecule has 16 heavy (non-hydrogen) atoms. The summed E-state index contributed by atoms with van der Waals surface area (Å²) in [6, 6.07) is -0.521. The van der Waals surface area contributed by atoms with Gasteiger partial charge in [-0.2, -0.15) is 0 Å². The first-order valence-corrected chi connectivity index (χ1v) is 5.09. The molecule has 0 aliphatic carbocycles. The molecule has 0 radical (unpaired) electrons. The maximum absolute atomic E-state index is 11.4. The standard InChI is InChI=1S/C10H17NO5/c1-10(2,3)16-9(14)11-7-5-15-4-6(7)8(12)13/h6-7H,4-5H2,1-3H3,(H,11,14)(H,12,13)/t6-,7+/m1/s1. The Kier molecular flexibility index (Phi) is 3.74. The fourth-order valence-corrected chi connectivity index (χ4v) is 1.40. The largest absolute Gasteiger partial charge is 0.481 e. The van der Waals surface area contributed by atoms with E-state index in [0.717, 1.165) is 0 Å². The number of carbonyl (C=O) groups is 2. The highest BCUT2D eigenvalue weighted by Gasteiger charge is 2.35. The van der Waals surface area contributed by atoms with Crippen LogP contribution >= 0.6 is 0 Å². The van der Waals surface area contributed by atoms with Crippen molar-refractivity contribution >= 4 is 12.1 Å². The monoisotopic (exact) mass is 231 g/mol. The third kappa shape index (κ3) is 3.69. The zero-order valence-corrected chi connectivity index (χ0v) is 9.65. The summed E-state index contributed by atoms with van der Waals surface area (Å²) in [5.74, 6) is -1.67. The van der Waals surface area contributed by atoms with Gasteiger partial charge in [-0.1, -0.05) is 0 Å². The Morgan fingerprint density at radius 1 is 1.38 bits per heavy atom. The number of carboxylic acids is 1. The van der Waals surface area contributed by atoms with E-state index in [1.54, 1.807) is 20.8 Å². The van der Waals surface area contributed by atoms with E-state index >= 15 is 0 Å². The van der Waals surface area contributed by atoms with Gasteiger partial charge < -0.3 is 19.9 Å². The van der Waals surface area contributed by atoms with Gasteiger partial charge in [0.25, 0.3) is 0 Å². The van der Waals surface area contributed by atoms with Crippen LogP contribution in [0.4, 0.5) is 4.79 Å². The summed E-state index contributed by atoms with van der Waals surface area (Å²) in [4.78, 5) is 22.2. The smallest absolute Gasteiger partial charge is 0.407 e. The van der Waals surface area contributed by atoms with Gasteiger partial charge in [0.1, 0.15) is 11.5 Å². The van der Waals surface area contributed by atoms with Crippen LogP contribution in [-0.2, 0) is 14.3 Å². The summed E-state index contributed by atoms with van der Waals surface area (Å²) in [5, 5.41) is 11.4. The van der Waals surface area contributed by atoms with Gasteiger partial charge in [-0.25, -0.2) is 4.79 Å². The van der Waals surface area contributed by atoms with Crippen molar-refractivity contribution < 1.29 is 24.2 Å². The Balaban J connectivity index is 2.47. The van der Waals surface area contributed by atoms with E-state index in [1.165, 1.54) is 0 Å². The van der Waals surface area contributed by atoms with E-state index in [-0.39, 0.29) is 13.2 Å². The van der Waals surface area contributed by atoms with Gasteiger partial charge in [-0.05, 0) is 20.8 Å². The lowest BCUT2D eigenvalue weighted by atomic mass is 10.0. The molecule has 92 valence electrons. The van der Waals surface area contributed by atoms with Crippen LogP contribution < -0.4 is 5.32 Å². The Labute approximate surface area is 93.9 Å². The highest BCUT2D eigenvalue weighted by atomic mass is 16.6. The molecular formula is C10H17NO5. The lowest BCUT2D eigenvalue weighted by molar-refractivity contribution is -0.142. The summed E-state index contributed by atoms with van der Waals surface area (Å²) in [6.45, 7) is 5.55. The maximum Gasteiger partial charge on any atom is 0.407 e. The van der Waals surface area contributed by atoms with Crippen LogP contribution in [0.3, 0.4) is 0 Å². The van der Waals surface area contributed by atoms with Crippen molar-refractivity contribution in [2.45, 2.75) is 32.4 Å². The molecule has 6 heteroatoms. The van der Waals surface area contributed by atoms with Crippen LogP contribution in [0.1, 0.15) is 20.8 Å². The molecule has 0 unspecified atom stereocenters. The number of rotatable bonds is 2. The lowest BCUT2D eigenvalue weighted by Gasteiger charge is -2.22. The Morgan fingerprint density at radius 2 is 2.00 bits per heavy atom. The highest BCUT2D eigenvalue weighted by molar-refractivity contribution is 5.74. The van der Waals surface area contributed by atoms with Crippen LogP contribution in [0.5, 0.6) is 0 Å². The van der Waals surface area contributed by atoms with Gasteiger partial charge in [0.15, 0.2) is 0 Å². The molecule has 6 nitrogen and oxygen atoms in total. The Bertz CT molecular complexity index is 283. The fourth-order valence-electron chi connectivity index (χ4n) is 1.40. The van der Waals surface area contributed by atoms with Crippen molar-refractivity contribution in [3.63, 3.8) is 0 Å². The van der Waals surface area contributed by atoms with Crippen LogP contribution in [0.15, 0.2) is 0 Å². The van der Waals surface area contributed by atoms with E-state index in [2.05, 4.69) is 5.32 Å². The van der Waals surface area contributed by atoms with Gasteiger partial charge in [0.05, 0.1) is 19.3 Å². The summed E-state index contributed by atoms with van der Waals surface area (Å²) in [6.07, 6.45) is -0.616. The van der Waals surface area contributed by atoms with Crippen molar-refractivity contribution in [3.05, 3.63) is 0 Å². The van der Waals surface area contributed by atoms with E-state index in [0.29, 0.717) is 0 Å². The Morgan fingerprint density at radius 3 is 2.50 bits per heavy atom. The quantitative estimate of drug-likeness (QED) is 0.727. The van der Waals surface area contributed by atoms with E-state index in [9.17, 15) is 9.59 Å². The van der Waals surface area contributed by atoms with Crippen LogP contribution in [0.25, 0.3) is 0 Å². The topological polar surface area (TPSA) is 84.9 Å². The molecule has 1 aliphatic rings. The number of carbonyl (C=O) groups excluding carboxylic acids is 1. The first kappa shape index (κ1) is 12.8. The van der Waals surface area contributed by atoms with Crippen molar-refractivity contribution in [3.8, 4) is 0 Å². The minimum Gasteiger partial charge on any atom is -0.481 e. The molecular weight excluding hydrogens is 214 g/mol. The number of amides is 1. The van der Waals surface area contributed by atoms with E-state index in [1.807, 2.05) is 0 Å². The molecule has 0 bridgehead atoms. The molecule has 1 rings (SSSR count). The number of alkyl carbamates (subject to hydrolysis) is 1. The first-order chi connectivity index (χ1) is 7.29. The molecule has 1 aliphatic heterocycles. The second kappa shape index (κ2) is 4.69. The molecule has 0 saturated carbocycles. The van der Waals surface area contributed by atoms with Gasteiger partial charge in [0, 0.05) is 0 Å². The van der Waals surface area contributed by atoms with E-state index in [4.69, 9.17) is 14.6 Å². The van der Waals surface area contributed by atoms with Crippen LogP contribution in [0, 0.1) is 5.92 Å². The highest BCUT2D eigenvalue weighted by Crippen LogP contribution is 2.15. The third-order valence-corrected chi connectivity index (χ3v) is 2.10. The average molecular weight is 231 g/mol. The minimum absolute atomic E-state index is 0.121. The normalized spacial score (nSPS) is 25.2. The lowest BCUT2D eigenvalue weighted by Crippen LogP contribution is -2.44. The zero-order valence-electron chi connectivity index (χ0n) is 9.65. The third-order valence-electron chi connectivity index (χ3n) is 2.10. The first-order valence-electron chi connectivity index (χ1n) is 5.09. The number of carboxylic acid groups (broad SMARTS) is 1. The summed E-state index contributed by atoms with van der Waals surface area (Å²) >= 11 is 0. The minimum atomic E-state index is -0.974. The molecule has 0 spiro atoms. The summed E-state index contributed by atoms with van der Waals surface area (Å²) in [5.41, 5.74) is -0.595. The molecule has 1 amide bonds. The van der Waals surface area contributed by atoms with Crippen molar-refractivity contribution in [1.82, 2.24) is 5.32 Å². The molecule has 2 atom stereocenters. The second-order valence-electron chi connectivity index (χ2n) is 4.73. The number of hydrogen-bond donors (Lipinski definition) is 2. The van der Waals surface area contributed by atoms with E-state index < -0.39 is 29.6 Å². The van der Waals surface area contributed by atoms with Crippen molar-refractivity contribution in [2.24, 2.45) is 5.92 Å². The van der Waals surface area contributed by atoms with Gasteiger partial charge in [0.2, 0.25) is 0 Å². The molecule has 1 saturated heterocycles. The van der Waals surface area contributed by atoms with Gasteiger partial charge in [-0.15, -0.1) is 0 Å². The SMILES string of the molecule is CC(C)(C)OC(=O)N[C@H]1COC[C@H]1C(=O)O. The number of hydrogen-bond acceptors (Lipinski definition) is 4. The number of aliphatic carboxylic acids is 1. The summed E-state index contributed by atoms with van der Waals surface area (Å²) in [7, 11) is 0. The average Bonchev–Trinajstić information content (AvgIpc) is 2.47. The molecule has 0 aromatic rings. The zero-order chi connectivity index (χ0) is 12.3. The number of ether oxygens (including phenoxy) is 2. The van der Waals surface area contributed by atoms with Crippen LogP contribution in [0.2, 0.25) is 0 Å². The number of nitrogens with one attached hydrogen (secondary N) is 1. The fraction of sp³-hybridized carbons (Fsp3) is 0.800. The molecule has 0 aromatic heterocycles.